The molecule has 0 aliphatic heterocycles. The molecule has 0 unspecified atom stereocenters. The summed E-state index contributed by atoms with van der Waals surface area (Å²) in [7, 11) is 0. The number of esters is 1. The van der Waals surface area contributed by atoms with Gasteiger partial charge in [0.1, 0.15) is 31.0 Å². The second kappa shape index (κ2) is 11.6. The summed E-state index contributed by atoms with van der Waals surface area (Å²) >= 11 is 0. The van der Waals surface area contributed by atoms with Crippen LogP contribution >= 0.6 is 0 Å². The van der Waals surface area contributed by atoms with Crippen molar-refractivity contribution < 1.29 is 34.8 Å². The molecule has 0 aromatic heterocycles. The summed E-state index contributed by atoms with van der Waals surface area (Å²) in [6.07, 6.45) is -1.78. The molecule has 0 aliphatic rings. The Kier molecular flexibility index (Phi) is 11.1. The van der Waals surface area contributed by atoms with Gasteiger partial charge in [-0.2, -0.15) is 0 Å². The molecule has 0 saturated carbocycles. The maximum atomic E-state index is 11.4. The molecule has 0 rings (SSSR count). The van der Waals surface area contributed by atoms with Crippen molar-refractivity contribution >= 4 is 12.3 Å². The summed E-state index contributed by atoms with van der Waals surface area (Å²) in [5.41, 5.74) is 0. The van der Waals surface area contributed by atoms with Crippen LogP contribution < -0.4 is 0 Å². The van der Waals surface area contributed by atoms with Crippen molar-refractivity contribution in [2.45, 2.75) is 69.9 Å². The number of unbranched alkanes of at least 4 members (excludes halogenated alkanes) is 4. The number of rotatable bonds is 12. The van der Waals surface area contributed by atoms with Crippen molar-refractivity contribution in [1.29, 1.82) is 0 Å². The number of aliphatic hydroxyl groups excluding tert-OH is 4. The van der Waals surface area contributed by atoms with E-state index in [2.05, 4.69) is 6.92 Å². The van der Waals surface area contributed by atoms with Gasteiger partial charge >= 0.3 is 5.97 Å². The van der Waals surface area contributed by atoms with Gasteiger partial charge < -0.3 is 30.0 Å². The summed E-state index contributed by atoms with van der Waals surface area (Å²) in [6.45, 7) is 1.59. The Hall–Kier alpha value is -1.02. The fourth-order valence-corrected chi connectivity index (χ4v) is 1.73. The van der Waals surface area contributed by atoms with Crippen molar-refractivity contribution in [1.82, 2.24) is 0 Å². The number of carbonyl (C=O) groups excluding carboxylic acids is 2. The molecular formula is C14H26O7. The molecule has 21 heavy (non-hydrogen) atoms. The Morgan fingerprint density at radius 3 is 2.24 bits per heavy atom. The Morgan fingerprint density at radius 1 is 1.05 bits per heavy atom. The fraction of sp³-hybridized carbons (Fsp3) is 0.857. The Morgan fingerprint density at radius 2 is 1.67 bits per heavy atom. The average molecular weight is 306 g/mol. The van der Waals surface area contributed by atoms with Crippen LogP contribution in [0.1, 0.15) is 45.4 Å². The quantitative estimate of drug-likeness (QED) is 0.218. The molecule has 0 aromatic carbocycles. The van der Waals surface area contributed by atoms with Gasteiger partial charge in [0.2, 0.25) is 0 Å². The number of aliphatic hydroxyl groups is 4. The lowest BCUT2D eigenvalue weighted by molar-refractivity contribution is -0.156. The van der Waals surface area contributed by atoms with Crippen molar-refractivity contribution in [2.75, 3.05) is 6.61 Å². The number of carbonyl (C=O) groups is 2. The van der Waals surface area contributed by atoms with Crippen LogP contribution in [0, 0.1) is 0 Å². The lowest BCUT2D eigenvalue weighted by Crippen LogP contribution is -2.46. The van der Waals surface area contributed by atoms with Gasteiger partial charge in [-0.05, 0) is 6.42 Å². The van der Waals surface area contributed by atoms with Crippen LogP contribution in [0.25, 0.3) is 0 Å². The highest BCUT2D eigenvalue weighted by Gasteiger charge is 2.30. The third-order valence-electron chi connectivity index (χ3n) is 3.13. The van der Waals surface area contributed by atoms with E-state index in [1.54, 1.807) is 0 Å². The highest BCUT2D eigenvalue weighted by molar-refractivity contribution is 5.69. The number of hydrogen-bond donors (Lipinski definition) is 4. The van der Waals surface area contributed by atoms with Crippen LogP contribution in [-0.4, -0.2) is 63.7 Å². The maximum Gasteiger partial charge on any atom is 0.305 e. The molecule has 0 amide bonds. The van der Waals surface area contributed by atoms with Crippen LogP contribution in [-0.2, 0) is 14.3 Å². The minimum Gasteiger partial charge on any atom is -0.463 e. The molecule has 0 bridgehead atoms. The fourth-order valence-electron chi connectivity index (χ4n) is 1.73. The molecule has 0 radical (unpaired) electrons. The number of aldehydes is 1. The van der Waals surface area contributed by atoms with Gasteiger partial charge in [0.25, 0.3) is 0 Å². The molecule has 0 aliphatic carbocycles. The molecule has 0 aromatic rings. The zero-order chi connectivity index (χ0) is 16.3. The van der Waals surface area contributed by atoms with Crippen molar-refractivity contribution in [3.05, 3.63) is 0 Å². The van der Waals surface area contributed by atoms with Crippen molar-refractivity contribution in [3.8, 4) is 0 Å². The zero-order valence-electron chi connectivity index (χ0n) is 12.4. The molecule has 124 valence electrons. The van der Waals surface area contributed by atoms with E-state index in [1.807, 2.05) is 0 Å². The summed E-state index contributed by atoms with van der Waals surface area (Å²) < 4.78 is 4.77. The van der Waals surface area contributed by atoms with Crippen molar-refractivity contribution in [3.63, 3.8) is 0 Å². The van der Waals surface area contributed by atoms with Crippen LogP contribution in [0.3, 0.4) is 0 Å². The van der Waals surface area contributed by atoms with E-state index >= 15 is 0 Å². The van der Waals surface area contributed by atoms with Crippen LogP contribution in [0.4, 0.5) is 0 Å². The highest BCUT2D eigenvalue weighted by atomic mass is 16.5. The van der Waals surface area contributed by atoms with E-state index in [-0.39, 0.29) is 12.7 Å². The number of hydrogen-bond acceptors (Lipinski definition) is 7. The van der Waals surface area contributed by atoms with Crippen molar-refractivity contribution in [2.24, 2.45) is 0 Å². The zero-order valence-corrected chi connectivity index (χ0v) is 12.4. The monoisotopic (exact) mass is 306 g/mol. The second-order valence-electron chi connectivity index (χ2n) is 5.02. The van der Waals surface area contributed by atoms with E-state index in [9.17, 15) is 24.9 Å². The highest BCUT2D eigenvalue weighted by Crippen LogP contribution is 2.08. The first-order valence-electron chi connectivity index (χ1n) is 7.27. The molecule has 0 saturated heterocycles. The largest absolute Gasteiger partial charge is 0.463 e. The van der Waals surface area contributed by atoms with Crippen LogP contribution in [0.5, 0.6) is 0 Å². The normalized spacial score (nSPS) is 16.8. The molecule has 4 N–H and O–H groups in total. The first-order chi connectivity index (χ1) is 9.93. The molecule has 0 heterocycles. The van der Waals surface area contributed by atoms with Crippen LogP contribution in [0.2, 0.25) is 0 Å². The Bertz CT molecular complexity index is 295. The predicted octanol–water partition coefficient (Wildman–Crippen LogP) is -0.467. The van der Waals surface area contributed by atoms with E-state index in [0.717, 1.165) is 25.7 Å². The average Bonchev–Trinajstić information content (AvgIpc) is 2.49. The SMILES string of the molecule is CCCCCCCC(=O)OC[C@H](O)[C@H](O)[C@@H](O)[C@@H](O)C=O. The van der Waals surface area contributed by atoms with E-state index in [1.165, 1.54) is 0 Å². The molecule has 0 fully saturated rings. The van der Waals surface area contributed by atoms with E-state index < -0.39 is 37.0 Å². The van der Waals surface area contributed by atoms with Gasteiger partial charge in [-0.1, -0.05) is 32.6 Å². The first kappa shape index (κ1) is 20.0. The minimum atomic E-state index is -1.83. The number of ether oxygens (including phenoxy) is 1. The lowest BCUT2D eigenvalue weighted by atomic mass is 10.0. The van der Waals surface area contributed by atoms with Gasteiger partial charge in [0.05, 0.1) is 0 Å². The van der Waals surface area contributed by atoms with Crippen LogP contribution in [0.15, 0.2) is 0 Å². The lowest BCUT2D eigenvalue weighted by Gasteiger charge is -2.23. The summed E-state index contributed by atoms with van der Waals surface area (Å²) in [5, 5.41) is 37.3. The van der Waals surface area contributed by atoms with Gasteiger partial charge in [0, 0.05) is 6.42 Å². The summed E-state index contributed by atoms with van der Waals surface area (Å²) in [6, 6.07) is 0. The molecule has 4 atom stereocenters. The Balaban J connectivity index is 3.87. The predicted molar refractivity (Wildman–Crippen MR) is 74.4 cm³/mol. The van der Waals surface area contributed by atoms with E-state index in [4.69, 9.17) is 9.84 Å². The van der Waals surface area contributed by atoms with E-state index in [0.29, 0.717) is 6.42 Å². The Labute approximate surface area is 124 Å². The smallest absolute Gasteiger partial charge is 0.305 e. The molecule has 7 heteroatoms. The first-order valence-corrected chi connectivity index (χ1v) is 7.27. The molecular weight excluding hydrogens is 280 g/mol. The summed E-state index contributed by atoms with van der Waals surface area (Å²) in [4.78, 5) is 21.6. The minimum absolute atomic E-state index is 0.0446. The summed E-state index contributed by atoms with van der Waals surface area (Å²) in [5.74, 6) is -0.497. The van der Waals surface area contributed by atoms with Gasteiger partial charge in [-0.15, -0.1) is 0 Å². The third-order valence-corrected chi connectivity index (χ3v) is 3.13. The van der Waals surface area contributed by atoms with Gasteiger partial charge in [-0.25, -0.2) is 0 Å². The second-order valence-corrected chi connectivity index (χ2v) is 5.02. The maximum absolute atomic E-state index is 11.4. The topological polar surface area (TPSA) is 124 Å². The standard InChI is InChI=1S/C14H26O7/c1-2-3-4-5-6-7-12(18)21-9-11(17)14(20)13(19)10(16)8-15/h8,10-11,13-14,16-17,19-20H,2-7,9H2,1H3/t10-,11-,13-,14-/m0/s1. The molecule has 7 nitrogen and oxygen atoms in total. The molecule has 0 spiro atoms. The van der Waals surface area contributed by atoms with Gasteiger partial charge in [0.15, 0.2) is 6.29 Å². The third kappa shape index (κ3) is 8.77. The van der Waals surface area contributed by atoms with Gasteiger partial charge in [-0.3, -0.25) is 4.79 Å².